The molecule has 19 heavy (non-hydrogen) atoms. The first-order valence-corrected chi connectivity index (χ1v) is 7.95. The van der Waals surface area contributed by atoms with Crippen LogP contribution in [0.4, 0.5) is 0 Å². The van der Waals surface area contributed by atoms with Crippen LogP contribution in [0.3, 0.4) is 0 Å². The number of nitrogens with zero attached hydrogens (tertiary/aromatic N) is 2. The van der Waals surface area contributed by atoms with Gasteiger partial charge in [0.1, 0.15) is 5.82 Å². The number of aromatic nitrogens is 3. The molecule has 0 radical (unpaired) electrons. The molecule has 1 saturated carbocycles. The molecule has 2 atom stereocenters. The van der Waals surface area contributed by atoms with Crippen molar-refractivity contribution in [2.75, 3.05) is 13.1 Å². The maximum Gasteiger partial charge on any atom is 0.153 e. The zero-order chi connectivity index (χ0) is 13.1. The number of rotatable bonds is 4. The minimum atomic E-state index is 0.622. The van der Waals surface area contributed by atoms with Crippen molar-refractivity contribution in [2.24, 2.45) is 11.8 Å². The Bertz CT molecular complexity index is 389. The Kier molecular flexibility index (Phi) is 4.16. The number of H-pyrrole nitrogens is 1. The quantitative estimate of drug-likeness (QED) is 0.877. The molecule has 0 aromatic carbocycles. The molecule has 2 N–H and O–H groups in total. The van der Waals surface area contributed by atoms with Gasteiger partial charge in [0.2, 0.25) is 0 Å². The highest BCUT2D eigenvalue weighted by Gasteiger charge is 2.24. The topological polar surface area (TPSA) is 53.6 Å². The predicted molar refractivity (Wildman–Crippen MR) is 76.1 cm³/mol. The maximum absolute atomic E-state index is 4.74. The second kappa shape index (κ2) is 6.04. The van der Waals surface area contributed by atoms with E-state index in [4.69, 9.17) is 4.98 Å². The molecule has 1 aromatic rings. The molecular formula is C15H26N4. The summed E-state index contributed by atoms with van der Waals surface area (Å²) in [5.41, 5.74) is 0. The van der Waals surface area contributed by atoms with Crippen LogP contribution >= 0.6 is 0 Å². The molecular weight excluding hydrogens is 236 g/mol. The van der Waals surface area contributed by atoms with Gasteiger partial charge in [-0.15, -0.1) is 0 Å². The van der Waals surface area contributed by atoms with Crippen LogP contribution < -0.4 is 5.32 Å². The van der Waals surface area contributed by atoms with E-state index >= 15 is 0 Å². The van der Waals surface area contributed by atoms with E-state index in [-0.39, 0.29) is 0 Å². The van der Waals surface area contributed by atoms with Crippen LogP contribution in [-0.4, -0.2) is 28.3 Å². The largest absolute Gasteiger partial charge is 0.316 e. The van der Waals surface area contributed by atoms with E-state index in [1.165, 1.54) is 51.6 Å². The molecule has 2 unspecified atom stereocenters. The van der Waals surface area contributed by atoms with Gasteiger partial charge in [0.05, 0.1) is 0 Å². The Morgan fingerprint density at radius 1 is 1.21 bits per heavy atom. The van der Waals surface area contributed by atoms with E-state index in [0.29, 0.717) is 11.8 Å². The maximum atomic E-state index is 4.74. The van der Waals surface area contributed by atoms with Gasteiger partial charge in [-0.25, -0.2) is 4.98 Å². The van der Waals surface area contributed by atoms with Crippen molar-refractivity contribution >= 4 is 0 Å². The Labute approximate surface area is 115 Å². The summed E-state index contributed by atoms with van der Waals surface area (Å²) >= 11 is 0. The van der Waals surface area contributed by atoms with Crippen molar-refractivity contribution in [3.63, 3.8) is 0 Å². The van der Waals surface area contributed by atoms with Gasteiger partial charge < -0.3 is 5.32 Å². The number of piperidine rings is 1. The lowest BCUT2D eigenvalue weighted by atomic mass is 9.85. The molecule has 1 saturated heterocycles. The van der Waals surface area contributed by atoms with Crippen LogP contribution in [0.25, 0.3) is 0 Å². The molecule has 2 heterocycles. The summed E-state index contributed by atoms with van der Waals surface area (Å²) in [6, 6.07) is 0. The van der Waals surface area contributed by atoms with E-state index in [0.717, 1.165) is 24.0 Å². The van der Waals surface area contributed by atoms with Crippen LogP contribution in [0.2, 0.25) is 0 Å². The van der Waals surface area contributed by atoms with Crippen molar-refractivity contribution in [2.45, 2.75) is 57.8 Å². The van der Waals surface area contributed by atoms with E-state index in [9.17, 15) is 0 Å². The molecule has 1 aromatic heterocycles. The SMILES string of the molecule is CC(Cc1nc(C2CCCC2)n[nH]1)C1CCCNC1. The van der Waals surface area contributed by atoms with Gasteiger partial charge >= 0.3 is 0 Å². The third-order valence-corrected chi connectivity index (χ3v) is 4.92. The second-order valence-corrected chi connectivity index (χ2v) is 6.41. The van der Waals surface area contributed by atoms with Crippen LogP contribution in [0.15, 0.2) is 0 Å². The number of hydrogen-bond acceptors (Lipinski definition) is 3. The normalized spacial score (nSPS) is 26.7. The number of hydrogen-bond donors (Lipinski definition) is 2. The minimum absolute atomic E-state index is 0.622. The summed E-state index contributed by atoms with van der Waals surface area (Å²) < 4.78 is 0. The van der Waals surface area contributed by atoms with Crippen molar-refractivity contribution in [3.8, 4) is 0 Å². The van der Waals surface area contributed by atoms with Gasteiger partial charge in [-0.3, -0.25) is 5.10 Å². The van der Waals surface area contributed by atoms with E-state index < -0.39 is 0 Å². The molecule has 0 spiro atoms. The Hall–Kier alpha value is -0.900. The first kappa shape index (κ1) is 13.1. The lowest BCUT2D eigenvalue weighted by Crippen LogP contribution is -2.34. The summed E-state index contributed by atoms with van der Waals surface area (Å²) in [6.45, 7) is 4.72. The van der Waals surface area contributed by atoms with Crippen molar-refractivity contribution in [3.05, 3.63) is 11.6 Å². The van der Waals surface area contributed by atoms with Gasteiger partial charge in [0.25, 0.3) is 0 Å². The zero-order valence-electron chi connectivity index (χ0n) is 12.0. The van der Waals surface area contributed by atoms with Crippen molar-refractivity contribution in [1.82, 2.24) is 20.5 Å². The summed E-state index contributed by atoms with van der Waals surface area (Å²) in [5.74, 6) is 4.28. The van der Waals surface area contributed by atoms with Crippen LogP contribution in [0.5, 0.6) is 0 Å². The third-order valence-electron chi connectivity index (χ3n) is 4.92. The molecule has 2 aliphatic rings. The Morgan fingerprint density at radius 3 is 2.79 bits per heavy atom. The monoisotopic (exact) mass is 262 g/mol. The molecule has 0 amide bonds. The summed E-state index contributed by atoms with van der Waals surface area (Å²) in [5, 5.41) is 11.1. The fraction of sp³-hybridized carbons (Fsp3) is 0.867. The van der Waals surface area contributed by atoms with Gasteiger partial charge in [-0.05, 0) is 50.6 Å². The first-order valence-electron chi connectivity index (χ1n) is 7.95. The molecule has 0 bridgehead atoms. The highest BCUT2D eigenvalue weighted by Crippen LogP contribution is 2.32. The Balaban J connectivity index is 1.56. The lowest BCUT2D eigenvalue weighted by molar-refractivity contribution is 0.276. The molecule has 4 heteroatoms. The van der Waals surface area contributed by atoms with E-state index in [1.54, 1.807) is 0 Å². The fourth-order valence-electron chi connectivity index (χ4n) is 3.60. The van der Waals surface area contributed by atoms with E-state index in [2.05, 4.69) is 22.4 Å². The fourth-order valence-corrected chi connectivity index (χ4v) is 3.60. The minimum Gasteiger partial charge on any atom is -0.316 e. The number of aromatic amines is 1. The van der Waals surface area contributed by atoms with Gasteiger partial charge in [-0.2, -0.15) is 5.10 Å². The smallest absolute Gasteiger partial charge is 0.153 e. The average Bonchev–Trinajstić information content (AvgIpc) is 3.10. The first-order chi connectivity index (χ1) is 9.33. The van der Waals surface area contributed by atoms with Crippen molar-refractivity contribution in [1.29, 1.82) is 0 Å². The second-order valence-electron chi connectivity index (χ2n) is 6.41. The van der Waals surface area contributed by atoms with Gasteiger partial charge in [-0.1, -0.05) is 19.8 Å². The van der Waals surface area contributed by atoms with Crippen LogP contribution in [0.1, 0.15) is 63.0 Å². The summed E-state index contributed by atoms with van der Waals surface area (Å²) in [4.78, 5) is 4.74. The molecule has 1 aliphatic carbocycles. The summed E-state index contributed by atoms with van der Waals surface area (Å²) in [7, 11) is 0. The molecule has 2 fully saturated rings. The number of nitrogens with one attached hydrogen (secondary N) is 2. The van der Waals surface area contributed by atoms with Crippen LogP contribution in [0, 0.1) is 11.8 Å². The molecule has 4 nitrogen and oxygen atoms in total. The summed E-state index contributed by atoms with van der Waals surface area (Å²) in [6.07, 6.45) is 8.97. The zero-order valence-corrected chi connectivity index (χ0v) is 12.0. The average molecular weight is 262 g/mol. The van der Waals surface area contributed by atoms with Gasteiger partial charge in [0, 0.05) is 12.3 Å². The van der Waals surface area contributed by atoms with Crippen LogP contribution in [-0.2, 0) is 6.42 Å². The molecule has 3 rings (SSSR count). The predicted octanol–water partition coefficient (Wildman–Crippen LogP) is 2.64. The third kappa shape index (κ3) is 3.16. The van der Waals surface area contributed by atoms with Gasteiger partial charge in [0.15, 0.2) is 5.82 Å². The van der Waals surface area contributed by atoms with E-state index in [1.807, 2.05) is 0 Å². The highest BCUT2D eigenvalue weighted by molar-refractivity contribution is 5.00. The molecule has 1 aliphatic heterocycles. The highest BCUT2D eigenvalue weighted by atomic mass is 15.2. The van der Waals surface area contributed by atoms with Crippen molar-refractivity contribution < 1.29 is 0 Å². The molecule has 106 valence electrons. The Morgan fingerprint density at radius 2 is 2.05 bits per heavy atom. The standard InChI is InChI=1S/C15H26N4/c1-11(13-7-4-8-16-10-13)9-14-17-15(19-18-14)12-5-2-3-6-12/h11-13,16H,2-10H2,1H3,(H,17,18,19). The lowest BCUT2D eigenvalue weighted by Gasteiger charge is -2.27.